The summed E-state index contributed by atoms with van der Waals surface area (Å²) in [7, 11) is 0. The summed E-state index contributed by atoms with van der Waals surface area (Å²) in [4.78, 5) is 14.4. The lowest BCUT2D eigenvalue weighted by atomic mass is 10.0. The van der Waals surface area contributed by atoms with Crippen molar-refractivity contribution in [1.29, 1.82) is 5.26 Å². The van der Waals surface area contributed by atoms with Crippen LogP contribution in [0.1, 0.15) is 23.1 Å². The van der Waals surface area contributed by atoms with E-state index in [0.29, 0.717) is 12.0 Å². The van der Waals surface area contributed by atoms with Gasteiger partial charge >= 0.3 is 0 Å². The van der Waals surface area contributed by atoms with Gasteiger partial charge < -0.3 is 4.90 Å². The molecule has 0 aromatic heterocycles. The molecule has 0 unspecified atom stereocenters. The number of carbonyl (C=O) groups excluding carboxylic acids is 1. The van der Waals surface area contributed by atoms with Gasteiger partial charge in [0.2, 0.25) is 5.91 Å². The Morgan fingerprint density at radius 1 is 1.14 bits per heavy atom. The highest BCUT2D eigenvalue weighted by Crippen LogP contribution is 2.27. The van der Waals surface area contributed by atoms with Crippen molar-refractivity contribution >= 4 is 11.6 Å². The summed E-state index contributed by atoms with van der Waals surface area (Å²) in [5.41, 5.74) is 3.86. The van der Waals surface area contributed by atoms with E-state index >= 15 is 0 Å². The second-order valence-electron chi connectivity index (χ2n) is 5.26. The second-order valence-corrected chi connectivity index (χ2v) is 5.26. The molecule has 0 aliphatic carbocycles. The SMILES string of the molecule is N#Cc1ccc(CC(=O)N2CCCc3ccccc32)cc1. The van der Waals surface area contributed by atoms with Crippen LogP contribution in [-0.4, -0.2) is 12.5 Å². The molecule has 2 aromatic carbocycles. The number of hydrogen-bond donors (Lipinski definition) is 0. The molecule has 0 N–H and O–H groups in total. The standard InChI is InChI=1S/C18H16N2O/c19-13-15-9-7-14(8-10-15)12-18(21)20-11-3-5-16-4-1-2-6-17(16)20/h1-2,4,6-10H,3,5,11-12H2. The predicted molar refractivity (Wildman–Crippen MR) is 82.0 cm³/mol. The summed E-state index contributed by atoms with van der Waals surface area (Å²) in [6.45, 7) is 0.784. The Labute approximate surface area is 124 Å². The number of aryl methyl sites for hydroxylation is 1. The summed E-state index contributed by atoms with van der Waals surface area (Å²) in [5.74, 6) is 0.117. The number of nitriles is 1. The van der Waals surface area contributed by atoms with Gasteiger partial charge in [0.15, 0.2) is 0 Å². The first-order valence-electron chi connectivity index (χ1n) is 7.15. The Hall–Kier alpha value is -2.60. The molecule has 1 amide bonds. The van der Waals surface area contributed by atoms with Crippen LogP contribution in [0.15, 0.2) is 48.5 Å². The molecular formula is C18H16N2O. The van der Waals surface area contributed by atoms with Gasteiger partial charge in [-0.25, -0.2) is 0 Å². The summed E-state index contributed by atoms with van der Waals surface area (Å²) >= 11 is 0. The quantitative estimate of drug-likeness (QED) is 0.846. The number of rotatable bonds is 2. The number of amides is 1. The molecule has 0 saturated carbocycles. The summed E-state index contributed by atoms with van der Waals surface area (Å²) in [6.07, 6.45) is 2.42. The molecule has 1 aliphatic rings. The Morgan fingerprint density at radius 3 is 2.67 bits per heavy atom. The van der Waals surface area contributed by atoms with Crippen molar-refractivity contribution in [2.45, 2.75) is 19.3 Å². The van der Waals surface area contributed by atoms with E-state index in [0.717, 1.165) is 30.6 Å². The molecule has 1 aliphatic heterocycles. The van der Waals surface area contributed by atoms with Crippen LogP contribution in [-0.2, 0) is 17.6 Å². The Kier molecular flexibility index (Phi) is 3.70. The van der Waals surface area contributed by atoms with E-state index in [1.54, 1.807) is 12.1 Å². The zero-order valence-corrected chi connectivity index (χ0v) is 11.7. The van der Waals surface area contributed by atoms with Crippen LogP contribution >= 0.6 is 0 Å². The fraction of sp³-hybridized carbons (Fsp3) is 0.222. The van der Waals surface area contributed by atoms with Crippen LogP contribution in [0.3, 0.4) is 0 Å². The molecule has 2 aromatic rings. The highest BCUT2D eigenvalue weighted by atomic mass is 16.2. The molecule has 3 rings (SSSR count). The molecule has 1 heterocycles. The maximum Gasteiger partial charge on any atom is 0.231 e. The summed E-state index contributed by atoms with van der Waals surface area (Å²) in [5, 5.41) is 8.80. The maximum atomic E-state index is 12.5. The van der Waals surface area contributed by atoms with Crippen LogP contribution in [0, 0.1) is 11.3 Å². The number of hydrogen-bond acceptors (Lipinski definition) is 2. The van der Waals surface area contributed by atoms with E-state index < -0.39 is 0 Å². The van der Waals surface area contributed by atoms with E-state index in [-0.39, 0.29) is 5.91 Å². The fourth-order valence-electron chi connectivity index (χ4n) is 2.76. The third-order valence-electron chi connectivity index (χ3n) is 3.85. The van der Waals surface area contributed by atoms with Gasteiger partial charge in [0.25, 0.3) is 0 Å². The average molecular weight is 276 g/mol. The van der Waals surface area contributed by atoms with Gasteiger partial charge in [0, 0.05) is 12.2 Å². The van der Waals surface area contributed by atoms with Gasteiger partial charge in [-0.2, -0.15) is 5.26 Å². The highest BCUT2D eigenvalue weighted by molar-refractivity contribution is 5.95. The van der Waals surface area contributed by atoms with Crippen LogP contribution in [0.5, 0.6) is 0 Å². The van der Waals surface area contributed by atoms with Gasteiger partial charge in [-0.1, -0.05) is 30.3 Å². The van der Waals surface area contributed by atoms with E-state index in [4.69, 9.17) is 5.26 Å². The van der Waals surface area contributed by atoms with Gasteiger partial charge in [0.1, 0.15) is 0 Å². The Balaban J connectivity index is 1.78. The lowest BCUT2D eigenvalue weighted by molar-refractivity contribution is -0.118. The smallest absolute Gasteiger partial charge is 0.231 e. The largest absolute Gasteiger partial charge is 0.312 e. The molecule has 0 saturated heterocycles. The number of anilines is 1. The molecule has 3 nitrogen and oxygen atoms in total. The molecule has 0 atom stereocenters. The van der Waals surface area contributed by atoms with E-state index in [2.05, 4.69) is 12.1 Å². The van der Waals surface area contributed by atoms with Crippen molar-refractivity contribution in [3.05, 3.63) is 65.2 Å². The van der Waals surface area contributed by atoms with Crippen molar-refractivity contribution in [1.82, 2.24) is 0 Å². The normalized spacial score (nSPS) is 13.4. The molecule has 21 heavy (non-hydrogen) atoms. The summed E-state index contributed by atoms with van der Waals surface area (Å²) in [6, 6.07) is 17.4. The predicted octanol–water partition coefficient (Wildman–Crippen LogP) is 3.08. The molecule has 0 spiro atoms. The molecule has 104 valence electrons. The van der Waals surface area contributed by atoms with Gasteiger partial charge in [0.05, 0.1) is 18.1 Å². The number of nitrogens with zero attached hydrogens (tertiary/aromatic N) is 2. The molecule has 0 radical (unpaired) electrons. The van der Waals surface area contributed by atoms with Crippen molar-refractivity contribution in [2.24, 2.45) is 0 Å². The number of carbonyl (C=O) groups is 1. The lowest BCUT2D eigenvalue weighted by Gasteiger charge is -2.29. The van der Waals surface area contributed by atoms with Crippen molar-refractivity contribution < 1.29 is 4.79 Å². The van der Waals surface area contributed by atoms with Crippen molar-refractivity contribution in [3.63, 3.8) is 0 Å². The van der Waals surface area contributed by atoms with E-state index in [9.17, 15) is 4.79 Å². The van der Waals surface area contributed by atoms with Gasteiger partial charge in [-0.3, -0.25) is 4.79 Å². The number of fused-ring (bicyclic) bond motifs is 1. The molecule has 0 fully saturated rings. The Morgan fingerprint density at radius 2 is 1.90 bits per heavy atom. The first-order valence-corrected chi connectivity index (χ1v) is 7.15. The zero-order valence-electron chi connectivity index (χ0n) is 11.7. The highest BCUT2D eigenvalue weighted by Gasteiger charge is 2.21. The van der Waals surface area contributed by atoms with Gasteiger partial charge in [-0.15, -0.1) is 0 Å². The minimum Gasteiger partial charge on any atom is -0.312 e. The lowest BCUT2D eigenvalue weighted by Crippen LogP contribution is -2.36. The third kappa shape index (κ3) is 2.80. The van der Waals surface area contributed by atoms with Crippen LogP contribution in [0.25, 0.3) is 0 Å². The number of para-hydroxylation sites is 1. The summed E-state index contributed by atoms with van der Waals surface area (Å²) < 4.78 is 0. The zero-order chi connectivity index (χ0) is 14.7. The topological polar surface area (TPSA) is 44.1 Å². The van der Waals surface area contributed by atoms with Crippen LogP contribution in [0.2, 0.25) is 0 Å². The minimum absolute atomic E-state index is 0.117. The number of benzene rings is 2. The van der Waals surface area contributed by atoms with Crippen LogP contribution < -0.4 is 4.90 Å². The third-order valence-corrected chi connectivity index (χ3v) is 3.85. The average Bonchev–Trinajstić information content (AvgIpc) is 2.55. The van der Waals surface area contributed by atoms with Gasteiger partial charge in [-0.05, 0) is 42.2 Å². The van der Waals surface area contributed by atoms with Crippen LogP contribution in [0.4, 0.5) is 5.69 Å². The molecular weight excluding hydrogens is 260 g/mol. The first-order chi connectivity index (χ1) is 10.3. The molecule has 0 bridgehead atoms. The Bertz CT molecular complexity index is 698. The van der Waals surface area contributed by atoms with Crippen molar-refractivity contribution in [2.75, 3.05) is 11.4 Å². The fourth-order valence-corrected chi connectivity index (χ4v) is 2.76. The van der Waals surface area contributed by atoms with E-state index in [1.165, 1.54) is 5.56 Å². The van der Waals surface area contributed by atoms with Crippen molar-refractivity contribution in [3.8, 4) is 6.07 Å². The maximum absolute atomic E-state index is 12.5. The second kappa shape index (κ2) is 5.80. The monoisotopic (exact) mass is 276 g/mol. The molecule has 3 heteroatoms. The van der Waals surface area contributed by atoms with E-state index in [1.807, 2.05) is 35.2 Å². The minimum atomic E-state index is 0.117. The first kappa shape index (κ1) is 13.4.